The Morgan fingerprint density at radius 1 is 1.31 bits per heavy atom. The maximum atomic E-state index is 12.2. The van der Waals surface area contributed by atoms with Crippen molar-refractivity contribution in [1.29, 1.82) is 0 Å². The molecule has 4 nitrogen and oxygen atoms in total. The van der Waals surface area contributed by atoms with Crippen LogP contribution in [0.15, 0.2) is 23.0 Å². The zero-order valence-electron chi connectivity index (χ0n) is 8.71. The molecule has 2 heterocycles. The number of fused-ring (bicyclic) bond motifs is 2. The molecule has 0 saturated heterocycles. The van der Waals surface area contributed by atoms with Crippen LogP contribution in [0.25, 0.3) is 10.9 Å². The van der Waals surface area contributed by atoms with E-state index in [1.165, 1.54) is 0 Å². The molecule has 3 rings (SSSR count). The van der Waals surface area contributed by atoms with Gasteiger partial charge in [0.1, 0.15) is 5.75 Å². The number of pyridine rings is 1. The highest BCUT2D eigenvalue weighted by Crippen LogP contribution is 2.22. The number of hydrogen-bond donors (Lipinski definition) is 3. The highest BCUT2D eigenvalue weighted by Gasteiger charge is 2.16. The summed E-state index contributed by atoms with van der Waals surface area (Å²) < 4.78 is 0. The molecule has 1 aliphatic rings. The topological polar surface area (TPSA) is 65.1 Å². The van der Waals surface area contributed by atoms with E-state index in [0.717, 1.165) is 24.2 Å². The summed E-state index contributed by atoms with van der Waals surface area (Å²) in [7, 11) is 0. The van der Waals surface area contributed by atoms with Crippen molar-refractivity contribution in [2.75, 3.05) is 6.54 Å². The Labute approximate surface area is 91.9 Å². The first-order chi connectivity index (χ1) is 7.77. The molecule has 4 heteroatoms. The summed E-state index contributed by atoms with van der Waals surface area (Å²) in [5, 5.41) is 13.4. The van der Waals surface area contributed by atoms with Gasteiger partial charge in [0.25, 0.3) is 0 Å². The van der Waals surface area contributed by atoms with Gasteiger partial charge in [-0.3, -0.25) is 4.79 Å². The van der Waals surface area contributed by atoms with Crippen molar-refractivity contribution in [3.05, 3.63) is 39.7 Å². The molecule has 1 aromatic heterocycles. The number of aromatic hydroxyl groups is 1. The van der Waals surface area contributed by atoms with E-state index in [9.17, 15) is 9.90 Å². The largest absolute Gasteiger partial charge is 0.506 e. The summed E-state index contributed by atoms with van der Waals surface area (Å²) in [5.74, 6) is 0.135. The van der Waals surface area contributed by atoms with Gasteiger partial charge in [0.15, 0.2) is 5.43 Å². The fraction of sp³-hybridized carbons (Fsp3) is 0.250. The van der Waals surface area contributed by atoms with Gasteiger partial charge < -0.3 is 15.4 Å². The first-order valence-electron chi connectivity index (χ1n) is 5.34. The maximum Gasteiger partial charge on any atom is 0.194 e. The van der Waals surface area contributed by atoms with Crippen LogP contribution < -0.4 is 10.7 Å². The molecule has 82 valence electrons. The quantitative estimate of drug-likeness (QED) is 0.612. The minimum Gasteiger partial charge on any atom is -0.506 e. The van der Waals surface area contributed by atoms with Gasteiger partial charge in [-0.2, -0.15) is 0 Å². The number of rotatable bonds is 0. The number of H-pyrrole nitrogens is 1. The molecule has 0 bridgehead atoms. The van der Waals surface area contributed by atoms with Crippen molar-refractivity contribution in [2.45, 2.75) is 13.0 Å². The molecular formula is C12H12N2O2. The first-order valence-corrected chi connectivity index (χ1v) is 5.34. The van der Waals surface area contributed by atoms with E-state index in [2.05, 4.69) is 10.3 Å². The molecule has 0 saturated carbocycles. The van der Waals surface area contributed by atoms with Gasteiger partial charge in [0.05, 0.1) is 5.52 Å². The normalized spacial score (nSPS) is 15.0. The minimum absolute atomic E-state index is 0.0202. The number of aromatic amines is 1. The molecular weight excluding hydrogens is 204 g/mol. The smallest absolute Gasteiger partial charge is 0.194 e. The second-order valence-electron chi connectivity index (χ2n) is 4.04. The van der Waals surface area contributed by atoms with Crippen LogP contribution in [0.2, 0.25) is 0 Å². The predicted octanol–water partition coefficient (Wildman–Crippen LogP) is 0.879. The molecule has 1 aromatic carbocycles. The summed E-state index contributed by atoms with van der Waals surface area (Å²) in [6.07, 6.45) is 0.800. The molecule has 0 radical (unpaired) electrons. The Kier molecular flexibility index (Phi) is 1.97. The summed E-state index contributed by atoms with van der Waals surface area (Å²) in [6, 6.07) is 5.02. The molecule has 1 aliphatic heterocycles. The Bertz CT molecular complexity index is 616. The molecule has 0 aliphatic carbocycles. The number of aromatic nitrogens is 1. The van der Waals surface area contributed by atoms with Gasteiger partial charge >= 0.3 is 0 Å². The highest BCUT2D eigenvalue weighted by molar-refractivity contribution is 5.84. The average Bonchev–Trinajstić information content (AvgIpc) is 2.31. The predicted molar refractivity (Wildman–Crippen MR) is 61.6 cm³/mol. The maximum absolute atomic E-state index is 12.2. The second-order valence-corrected chi connectivity index (χ2v) is 4.04. The molecule has 2 aromatic rings. The highest BCUT2D eigenvalue weighted by atomic mass is 16.3. The number of benzene rings is 1. The third kappa shape index (κ3) is 1.23. The van der Waals surface area contributed by atoms with Crippen molar-refractivity contribution in [2.24, 2.45) is 0 Å². The summed E-state index contributed by atoms with van der Waals surface area (Å²) in [5.41, 5.74) is 2.31. The van der Waals surface area contributed by atoms with E-state index >= 15 is 0 Å². The number of nitrogens with one attached hydrogen (secondary N) is 2. The SMILES string of the molecule is O=c1c2c([nH]c3c(O)cccc13)CCNC2. The van der Waals surface area contributed by atoms with Crippen LogP contribution in [-0.4, -0.2) is 16.6 Å². The lowest BCUT2D eigenvalue weighted by Crippen LogP contribution is -2.30. The van der Waals surface area contributed by atoms with Gasteiger partial charge in [-0.15, -0.1) is 0 Å². The average molecular weight is 216 g/mol. The van der Waals surface area contributed by atoms with Crippen molar-refractivity contribution < 1.29 is 5.11 Å². The monoisotopic (exact) mass is 216 g/mol. The van der Waals surface area contributed by atoms with E-state index in [1.807, 2.05) is 0 Å². The number of hydrogen-bond acceptors (Lipinski definition) is 3. The van der Waals surface area contributed by atoms with Gasteiger partial charge in [-0.25, -0.2) is 0 Å². The van der Waals surface area contributed by atoms with Gasteiger partial charge in [-0.1, -0.05) is 6.07 Å². The van der Waals surface area contributed by atoms with Crippen LogP contribution in [0.5, 0.6) is 5.75 Å². The molecule has 3 N–H and O–H groups in total. The molecule has 0 atom stereocenters. The number of phenols is 1. The zero-order chi connectivity index (χ0) is 11.1. The van der Waals surface area contributed by atoms with Crippen molar-refractivity contribution in [3.63, 3.8) is 0 Å². The van der Waals surface area contributed by atoms with Gasteiger partial charge in [0.2, 0.25) is 0 Å². The summed E-state index contributed by atoms with van der Waals surface area (Å²) in [4.78, 5) is 15.3. The van der Waals surface area contributed by atoms with Crippen LogP contribution in [0.3, 0.4) is 0 Å². The summed E-state index contributed by atoms with van der Waals surface area (Å²) in [6.45, 7) is 1.47. The Morgan fingerprint density at radius 2 is 2.19 bits per heavy atom. The van der Waals surface area contributed by atoms with Crippen molar-refractivity contribution in [3.8, 4) is 5.75 Å². The van der Waals surface area contributed by atoms with E-state index in [-0.39, 0.29) is 11.2 Å². The summed E-state index contributed by atoms with van der Waals surface area (Å²) >= 11 is 0. The van der Waals surface area contributed by atoms with Gasteiger partial charge in [-0.05, 0) is 12.1 Å². The lowest BCUT2D eigenvalue weighted by atomic mass is 10.0. The molecule has 0 unspecified atom stereocenters. The second kappa shape index (κ2) is 3.35. The molecule has 16 heavy (non-hydrogen) atoms. The lowest BCUT2D eigenvalue weighted by molar-refractivity contribution is 0.480. The van der Waals surface area contributed by atoms with Crippen LogP contribution in [0.1, 0.15) is 11.3 Å². The number of phenolic OH excluding ortho intramolecular Hbond substituents is 1. The minimum atomic E-state index is 0.0202. The molecule has 0 amide bonds. The van der Waals surface area contributed by atoms with Gasteiger partial charge in [0, 0.05) is 36.2 Å². The Morgan fingerprint density at radius 3 is 3.06 bits per heavy atom. The standard InChI is InChI=1S/C12H12N2O2/c15-10-3-1-2-7-11(10)14-9-4-5-13-6-8(9)12(7)16/h1-3,13,15H,4-6H2,(H,14,16). The van der Waals surface area contributed by atoms with Crippen molar-refractivity contribution >= 4 is 10.9 Å². The van der Waals surface area contributed by atoms with Crippen LogP contribution in [-0.2, 0) is 13.0 Å². The van der Waals surface area contributed by atoms with E-state index < -0.39 is 0 Å². The fourth-order valence-corrected chi connectivity index (χ4v) is 2.21. The van der Waals surface area contributed by atoms with Crippen molar-refractivity contribution in [1.82, 2.24) is 10.3 Å². The Hall–Kier alpha value is -1.81. The third-order valence-electron chi connectivity index (χ3n) is 3.05. The van der Waals surface area contributed by atoms with Crippen LogP contribution in [0.4, 0.5) is 0 Å². The van der Waals surface area contributed by atoms with E-state index in [4.69, 9.17) is 0 Å². The van der Waals surface area contributed by atoms with Crippen LogP contribution >= 0.6 is 0 Å². The molecule has 0 spiro atoms. The first kappa shape index (κ1) is 9.42. The lowest BCUT2D eigenvalue weighted by Gasteiger charge is -2.17. The van der Waals surface area contributed by atoms with Crippen LogP contribution in [0, 0.1) is 0 Å². The third-order valence-corrected chi connectivity index (χ3v) is 3.05. The molecule has 0 fully saturated rings. The Balaban J connectivity index is 2.44. The fourth-order valence-electron chi connectivity index (χ4n) is 2.21. The van der Waals surface area contributed by atoms with E-state index in [0.29, 0.717) is 17.4 Å². The number of para-hydroxylation sites is 1. The zero-order valence-corrected chi connectivity index (χ0v) is 8.71. The van der Waals surface area contributed by atoms with E-state index in [1.54, 1.807) is 18.2 Å².